The third-order valence-electron chi connectivity index (χ3n) is 3.32. The van der Waals surface area contributed by atoms with E-state index in [0.29, 0.717) is 0 Å². The van der Waals surface area contributed by atoms with Crippen LogP contribution in [-0.2, 0) is 10.1 Å². The normalized spacial score (nSPS) is 24.3. The van der Waals surface area contributed by atoms with E-state index in [9.17, 15) is 13.0 Å². The van der Waals surface area contributed by atoms with Gasteiger partial charge in [0.05, 0.1) is 4.75 Å². The maximum Gasteiger partial charge on any atom is 1.00 e. The minimum Gasteiger partial charge on any atom is -0.747 e. The Morgan fingerprint density at radius 1 is 1.15 bits per heavy atom. The fourth-order valence-electron chi connectivity index (χ4n) is 1.67. The number of benzene rings is 1. The summed E-state index contributed by atoms with van der Waals surface area (Å²) >= 11 is 0. The van der Waals surface area contributed by atoms with Gasteiger partial charge in [0.15, 0.2) is 0 Å². The Balaban J connectivity index is 0.000000387. The Morgan fingerprint density at radius 2 is 1.70 bits per heavy atom. The van der Waals surface area contributed by atoms with E-state index in [1.807, 2.05) is 18.2 Å². The van der Waals surface area contributed by atoms with Gasteiger partial charge in [-0.2, -0.15) is 0 Å². The van der Waals surface area contributed by atoms with Crippen LogP contribution in [0.3, 0.4) is 0 Å². The molecule has 20 heavy (non-hydrogen) atoms. The van der Waals surface area contributed by atoms with Crippen molar-refractivity contribution in [1.82, 2.24) is 0 Å². The van der Waals surface area contributed by atoms with E-state index in [1.54, 1.807) is 25.2 Å². The van der Waals surface area contributed by atoms with Crippen LogP contribution in [0, 0.1) is 12.8 Å². The van der Waals surface area contributed by atoms with Gasteiger partial charge in [0.1, 0.15) is 10.1 Å². The van der Waals surface area contributed by atoms with Crippen LogP contribution in [0.5, 0.6) is 0 Å². The number of allylic oxidation sites excluding steroid dienone is 3. The maximum absolute atomic E-state index is 10.9. The largest absolute Gasteiger partial charge is 1.00 e. The van der Waals surface area contributed by atoms with Gasteiger partial charge in [-0.25, -0.2) is 8.42 Å². The second kappa shape index (κ2) is 8.15. The number of aryl methyl sites for hydroxylation is 1. The number of hydrogen-bond acceptors (Lipinski definition) is 3. The van der Waals surface area contributed by atoms with Crippen molar-refractivity contribution in [2.24, 2.45) is 5.92 Å². The summed E-state index contributed by atoms with van der Waals surface area (Å²) in [5.41, 5.74) is 1.32. The molecule has 0 saturated heterocycles. The molecule has 2 atom stereocenters. The molecule has 1 aliphatic carbocycles. The average molecular weight is 302 g/mol. The quantitative estimate of drug-likeness (QED) is 0.544. The summed E-state index contributed by atoms with van der Waals surface area (Å²) in [5.74, 6) is -0.259. The molecular formula is C15H19NaO3S. The van der Waals surface area contributed by atoms with Crippen LogP contribution in [0.2, 0.25) is 0 Å². The molecule has 3 nitrogen and oxygen atoms in total. The van der Waals surface area contributed by atoms with Gasteiger partial charge >= 0.3 is 29.6 Å². The van der Waals surface area contributed by atoms with Crippen molar-refractivity contribution >= 4 is 10.1 Å². The fraction of sp³-hybridized carbons (Fsp3) is 0.333. The van der Waals surface area contributed by atoms with E-state index >= 15 is 0 Å². The molecule has 0 aromatic heterocycles. The zero-order valence-electron chi connectivity index (χ0n) is 12.4. The minimum absolute atomic E-state index is 0. The third-order valence-corrected chi connectivity index (χ3v) is 4.91. The predicted molar refractivity (Wildman–Crippen MR) is 76.7 cm³/mol. The van der Waals surface area contributed by atoms with Crippen molar-refractivity contribution in [3.05, 3.63) is 60.2 Å². The Labute approximate surface area is 143 Å². The predicted octanol–water partition coefficient (Wildman–Crippen LogP) is 0.0514. The fourth-order valence-corrected chi connectivity index (χ4v) is 2.44. The van der Waals surface area contributed by atoms with Gasteiger partial charge in [-0.15, -0.1) is 0 Å². The van der Waals surface area contributed by atoms with Gasteiger partial charge in [-0.1, -0.05) is 67.1 Å². The van der Waals surface area contributed by atoms with Gasteiger partial charge < -0.3 is 4.55 Å². The van der Waals surface area contributed by atoms with Crippen LogP contribution in [-0.4, -0.2) is 17.7 Å². The van der Waals surface area contributed by atoms with Crippen LogP contribution in [0.15, 0.2) is 54.6 Å². The van der Waals surface area contributed by atoms with Crippen molar-refractivity contribution in [2.75, 3.05) is 0 Å². The molecule has 0 heterocycles. The minimum atomic E-state index is -4.26. The zero-order chi connectivity index (χ0) is 14.5. The molecule has 0 spiro atoms. The van der Waals surface area contributed by atoms with E-state index < -0.39 is 14.9 Å². The van der Waals surface area contributed by atoms with Gasteiger partial charge in [-0.3, -0.25) is 0 Å². The summed E-state index contributed by atoms with van der Waals surface area (Å²) in [7, 11) is -4.26. The van der Waals surface area contributed by atoms with Crippen molar-refractivity contribution in [1.29, 1.82) is 0 Å². The van der Waals surface area contributed by atoms with Gasteiger partial charge in [0, 0.05) is 0 Å². The molecule has 1 aliphatic rings. The average Bonchev–Trinajstić information content (AvgIpc) is 2.33. The molecule has 2 rings (SSSR count). The molecule has 104 valence electrons. The van der Waals surface area contributed by atoms with Crippen molar-refractivity contribution in [2.45, 2.75) is 25.5 Å². The second-order valence-electron chi connectivity index (χ2n) is 4.83. The van der Waals surface area contributed by atoms with Crippen LogP contribution in [0.25, 0.3) is 0 Å². The van der Waals surface area contributed by atoms with E-state index in [2.05, 4.69) is 19.1 Å². The first-order valence-electron chi connectivity index (χ1n) is 6.10. The summed E-state index contributed by atoms with van der Waals surface area (Å²) < 4.78 is 31.4. The summed E-state index contributed by atoms with van der Waals surface area (Å²) in [4.78, 5) is 0. The Morgan fingerprint density at radius 3 is 2.00 bits per heavy atom. The molecule has 0 aliphatic heterocycles. The van der Waals surface area contributed by atoms with Crippen LogP contribution in [0.4, 0.5) is 0 Å². The first-order chi connectivity index (χ1) is 8.77. The third kappa shape index (κ3) is 5.19. The Hall–Kier alpha value is -0.390. The summed E-state index contributed by atoms with van der Waals surface area (Å²) in [6.45, 7) is 5.25. The van der Waals surface area contributed by atoms with Gasteiger partial charge in [-0.05, 0) is 19.8 Å². The van der Waals surface area contributed by atoms with E-state index in [-0.39, 0.29) is 35.5 Å². The van der Waals surface area contributed by atoms with Gasteiger partial charge in [0.25, 0.3) is 0 Å². The standard InChI is InChI=1S/C8H12O3S.C7H8.Na/c1-7-5-3-4-6-8(7,2)12(9,10)11;1-7-5-3-2-4-6-7;/h3-7H,1-2H3,(H,9,10,11);2-6H,1H3;/q;;+1/p-1. The number of rotatable bonds is 1. The molecule has 0 bridgehead atoms. The molecular weight excluding hydrogens is 283 g/mol. The first-order valence-corrected chi connectivity index (χ1v) is 7.51. The van der Waals surface area contributed by atoms with Crippen molar-refractivity contribution in [3.63, 3.8) is 0 Å². The molecule has 0 amide bonds. The van der Waals surface area contributed by atoms with E-state index in [4.69, 9.17) is 0 Å². The molecule has 0 fully saturated rings. The van der Waals surface area contributed by atoms with Gasteiger partial charge in [0.2, 0.25) is 0 Å². The molecule has 1 aromatic rings. The summed E-state index contributed by atoms with van der Waals surface area (Å²) in [5, 5.41) is 0. The molecule has 0 radical (unpaired) electrons. The van der Waals surface area contributed by atoms with Crippen LogP contribution < -0.4 is 29.6 Å². The molecule has 0 N–H and O–H groups in total. The van der Waals surface area contributed by atoms with Crippen LogP contribution in [0.1, 0.15) is 19.4 Å². The van der Waals surface area contributed by atoms with Crippen LogP contribution >= 0.6 is 0 Å². The van der Waals surface area contributed by atoms with Crippen molar-refractivity contribution < 1.29 is 42.5 Å². The molecule has 2 unspecified atom stereocenters. The second-order valence-corrected chi connectivity index (χ2v) is 6.61. The summed E-state index contributed by atoms with van der Waals surface area (Å²) in [6, 6.07) is 10.3. The molecule has 5 heteroatoms. The topological polar surface area (TPSA) is 57.2 Å². The Bertz CT molecular complexity index is 564. The Kier molecular flexibility index (Phi) is 7.99. The zero-order valence-corrected chi connectivity index (χ0v) is 15.2. The van der Waals surface area contributed by atoms with E-state index in [1.165, 1.54) is 18.6 Å². The smallest absolute Gasteiger partial charge is 0.747 e. The van der Waals surface area contributed by atoms with E-state index in [0.717, 1.165) is 0 Å². The first kappa shape index (κ1) is 19.6. The van der Waals surface area contributed by atoms with Crippen molar-refractivity contribution in [3.8, 4) is 0 Å². The SMILES string of the molecule is CC1C=CC=CC1(C)S(=O)(=O)[O-].Cc1ccccc1.[Na+]. The molecule has 0 saturated carbocycles. The maximum atomic E-state index is 10.9. The monoisotopic (exact) mass is 302 g/mol. The number of hydrogen-bond donors (Lipinski definition) is 0. The molecule has 1 aromatic carbocycles. The summed E-state index contributed by atoms with van der Waals surface area (Å²) in [6.07, 6.45) is 6.50.